The van der Waals surface area contributed by atoms with Crippen molar-refractivity contribution < 1.29 is 12.8 Å². The van der Waals surface area contributed by atoms with Crippen LogP contribution in [0.15, 0.2) is 58.2 Å². The van der Waals surface area contributed by atoms with Gasteiger partial charge in [0.15, 0.2) is 0 Å². The van der Waals surface area contributed by atoms with Gasteiger partial charge in [-0.15, -0.1) is 3.36 Å². The Morgan fingerprint density at radius 2 is 1.65 bits per heavy atom. The van der Waals surface area contributed by atoms with Gasteiger partial charge in [0.2, 0.25) is 0 Å². The lowest BCUT2D eigenvalue weighted by Gasteiger charge is -2.02. The number of fused-ring (bicyclic) bond motifs is 1. The maximum atomic E-state index is 12.9. The summed E-state index contributed by atoms with van der Waals surface area (Å²) in [5, 5.41) is 0.350. The van der Waals surface area contributed by atoms with Gasteiger partial charge in [-0.2, -0.15) is 8.42 Å². The second-order valence-corrected chi connectivity index (χ2v) is 7.08. The van der Waals surface area contributed by atoms with Crippen LogP contribution >= 0.6 is 11.5 Å². The Morgan fingerprint density at radius 1 is 1.00 bits per heavy atom. The quantitative estimate of drug-likeness (QED) is 0.730. The minimum absolute atomic E-state index is 0.118. The van der Waals surface area contributed by atoms with Gasteiger partial charge in [0.05, 0.1) is 15.0 Å². The van der Waals surface area contributed by atoms with E-state index in [9.17, 15) is 17.6 Å². The molecule has 0 atom stereocenters. The van der Waals surface area contributed by atoms with Crippen LogP contribution in [-0.2, 0) is 10.0 Å². The summed E-state index contributed by atoms with van der Waals surface area (Å²) in [6.07, 6.45) is 0. The highest BCUT2D eigenvalue weighted by Gasteiger charge is 2.22. The van der Waals surface area contributed by atoms with E-state index in [1.165, 1.54) is 0 Å². The number of benzene rings is 2. The molecule has 3 rings (SSSR count). The van der Waals surface area contributed by atoms with Gasteiger partial charge in [-0.1, -0.05) is 12.1 Å². The van der Waals surface area contributed by atoms with Gasteiger partial charge in [0.25, 0.3) is 15.6 Å². The molecule has 1 aromatic heterocycles. The molecule has 4 nitrogen and oxygen atoms in total. The summed E-state index contributed by atoms with van der Waals surface area (Å²) in [6, 6.07) is 11.0. The highest BCUT2D eigenvalue weighted by Crippen LogP contribution is 2.21. The third-order valence-corrected chi connectivity index (χ3v) is 5.96. The van der Waals surface area contributed by atoms with Gasteiger partial charge >= 0.3 is 0 Å². The smallest absolute Gasteiger partial charge is 0.267 e. The first kappa shape index (κ1) is 13.0. The number of nitrogens with zero attached hydrogens (tertiary/aromatic N) is 1. The molecule has 20 heavy (non-hydrogen) atoms. The lowest BCUT2D eigenvalue weighted by molar-refractivity contribution is 0.589. The highest BCUT2D eigenvalue weighted by molar-refractivity contribution is 7.91. The first-order chi connectivity index (χ1) is 9.50. The molecular weight excluding hydrogens is 301 g/mol. The van der Waals surface area contributed by atoms with Crippen molar-refractivity contribution in [2.75, 3.05) is 0 Å². The Bertz CT molecular complexity index is 940. The normalized spacial score (nSPS) is 11.8. The predicted octanol–water partition coefficient (Wildman–Crippen LogP) is 2.44. The third kappa shape index (κ3) is 1.95. The van der Waals surface area contributed by atoms with Crippen LogP contribution in [0, 0.1) is 5.82 Å². The molecule has 0 saturated heterocycles. The molecule has 102 valence electrons. The summed E-state index contributed by atoms with van der Waals surface area (Å²) in [6.45, 7) is 0. The van der Waals surface area contributed by atoms with E-state index in [0.717, 1.165) is 39.2 Å². The molecule has 0 N–H and O–H groups in total. The van der Waals surface area contributed by atoms with E-state index >= 15 is 0 Å². The number of hydrogen-bond acceptors (Lipinski definition) is 4. The van der Waals surface area contributed by atoms with Crippen LogP contribution in [0.1, 0.15) is 0 Å². The fourth-order valence-electron chi connectivity index (χ4n) is 1.81. The van der Waals surface area contributed by atoms with Crippen molar-refractivity contribution in [1.29, 1.82) is 0 Å². The Hall–Kier alpha value is -1.99. The Kier molecular flexibility index (Phi) is 2.95. The van der Waals surface area contributed by atoms with Crippen molar-refractivity contribution in [1.82, 2.24) is 3.36 Å². The summed E-state index contributed by atoms with van der Waals surface area (Å²) in [5.74, 6) is -0.535. The summed E-state index contributed by atoms with van der Waals surface area (Å²) < 4.78 is 38.9. The second-order valence-electron chi connectivity index (χ2n) is 4.08. The fourth-order valence-corrected chi connectivity index (χ4v) is 4.45. The van der Waals surface area contributed by atoms with E-state index in [-0.39, 0.29) is 4.90 Å². The van der Waals surface area contributed by atoms with Gasteiger partial charge in [-0.05, 0) is 47.9 Å². The van der Waals surface area contributed by atoms with Crippen molar-refractivity contribution in [3.05, 3.63) is 64.7 Å². The zero-order valence-electron chi connectivity index (χ0n) is 9.99. The number of hydrogen-bond donors (Lipinski definition) is 0. The summed E-state index contributed by atoms with van der Waals surface area (Å²) in [7, 11) is -3.99. The molecule has 0 fully saturated rings. The van der Waals surface area contributed by atoms with Gasteiger partial charge in [-0.25, -0.2) is 4.39 Å². The fraction of sp³-hybridized carbons (Fsp3) is 0. The maximum absolute atomic E-state index is 12.9. The molecule has 0 spiro atoms. The average molecular weight is 309 g/mol. The van der Waals surface area contributed by atoms with Crippen LogP contribution in [0.5, 0.6) is 0 Å². The molecule has 3 aromatic rings. The first-order valence-corrected chi connectivity index (χ1v) is 7.84. The van der Waals surface area contributed by atoms with Crippen molar-refractivity contribution in [3.63, 3.8) is 0 Å². The molecule has 1 heterocycles. The SMILES string of the molecule is O=c1c2ccccc2sn1S(=O)(=O)c1ccc(F)cc1. The van der Waals surface area contributed by atoms with Crippen LogP contribution in [0.4, 0.5) is 4.39 Å². The van der Waals surface area contributed by atoms with Crippen LogP contribution in [0.2, 0.25) is 0 Å². The Morgan fingerprint density at radius 3 is 2.30 bits per heavy atom. The molecule has 0 bridgehead atoms. The molecule has 0 unspecified atom stereocenters. The molecule has 0 aliphatic rings. The van der Waals surface area contributed by atoms with Crippen molar-refractivity contribution in [2.45, 2.75) is 4.90 Å². The number of aromatic nitrogens is 1. The topological polar surface area (TPSA) is 56.1 Å². The van der Waals surface area contributed by atoms with E-state index in [1.54, 1.807) is 24.3 Å². The Balaban J connectivity index is 2.26. The van der Waals surface area contributed by atoms with Gasteiger partial charge in [-0.3, -0.25) is 4.79 Å². The van der Waals surface area contributed by atoms with Crippen LogP contribution in [0.3, 0.4) is 0 Å². The van der Waals surface area contributed by atoms with E-state index in [0.29, 0.717) is 10.1 Å². The first-order valence-electron chi connectivity index (χ1n) is 5.62. The van der Waals surface area contributed by atoms with Crippen molar-refractivity contribution in [3.8, 4) is 0 Å². The summed E-state index contributed by atoms with van der Waals surface area (Å²) >= 11 is 0.852. The van der Waals surface area contributed by atoms with Crippen LogP contribution in [0.25, 0.3) is 10.1 Å². The maximum Gasteiger partial charge on any atom is 0.282 e. The van der Waals surface area contributed by atoms with Gasteiger partial charge in [0, 0.05) is 0 Å². The largest absolute Gasteiger partial charge is 0.282 e. The lowest BCUT2D eigenvalue weighted by Crippen LogP contribution is -2.22. The molecule has 0 aliphatic heterocycles. The highest BCUT2D eigenvalue weighted by atomic mass is 32.3. The second kappa shape index (κ2) is 4.53. The Labute approximate surface area is 117 Å². The third-order valence-electron chi connectivity index (χ3n) is 2.79. The average Bonchev–Trinajstić information content (AvgIpc) is 2.78. The van der Waals surface area contributed by atoms with Gasteiger partial charge < -0.3 is 0 Å². The zero-order valence-corrected chi connectivity index (χ0v) is 11.6. The molecular formula is C13H8FNO3S2. The predicted molar refractivity (Wildman–Crippen MR) is 75.1 cm³/mol. The summed E-state index contributed by atoms with van der Waals surface area (Å²) in [5.41, 5.74) is -0.588. The van der Waals surface area contributed by atoms with Crippen LogP contribution < -0.4 is 5.56 Å². The van der Waals surface area contributed by atoms with Crippen molar-refractivity contribution in [2.24, 2.45) is 0 Å². The van der Waals surface area contributed by atoms with E-state index in [1.807, 2.05) is 0 Å². The minimum Gasteiger partial charge on any atom is -0.267 e. The van der Waals surface area contributed by atoms with E-state index in [2.05, 4.69) is 0 Å². The standard InChI is InChI=1S/C13H8FNO3S2/c14-9-5-7-10(8-6-9)20(17,18)15-13(16)11-3-1-2-4-12(11)19-15/h1-8H. The molecule has 0 radical (unpaired) electrons. The van der Waals surface area contributed by atoms with E-state index in [4.69, 9.17) is 0 Å². The lowest BCUT2D eigenvalue weighted by atomic mass is 10.3. The minimum atomic E-state index is -3.99. The molecule has 0 aliphatic carbocycles. The number of halogens is 1. The van der Waals surface area contributed by atoms with E-state index < -0.39 is 21.4 Å². The number of rotatable bonds is 2. The monoisotopic (exact) mass is 309 g/mol. The zero-order chi connectivity index (χ0) is 14.3. The molecule has 0 amide bonds. The van der Waals surface area contributed by atoms with Crippen LogP contribution in [-0.4, -0.2) is 11.8 Å². The van der Waals surface area contributed by atoms with Gasteiger partial charge in [0.1, 0.15) is 5.82 Å². The molecule has 2 aromatic carbocycles. The summed E-state index contributed by atoms with van der Waals surface area (Å²) in [4.78, 5) is 12.0. The van der Waals surface area contributed by atoms with Crippen molar-refractivity contribution >= 4 is 31.6 Å². The molecule has 0 saturated carbocycles. The molecule has 7 heteroatoms.